The van der Waals surface area contributed by atoms with E-state index in [4.69, 9.17) is 9.47 Å². The number of halogens is 2. The molecule has 0 aromatic heterocycles. The molecule has 25 heavy (non-hydrogen) atoms. The highest BCUT2D eigenvalue weighted by Crippen LogP contribution is 2.35. The third kappa shape index (κ3) is 3.97. The van der Waals surface area contributed by atoms with E-state index in [9.17, 15) is 23.7 Å². The molecule has 0 saturated carbocycles. The lowest BCUT2D eigenvalue weighted by atomic mass is 10.1. The Bertz CT molecular complexity index is 864. The Hall–Kier alpha value is -3.29. The van der Waals surface area contributed by atoms with E-state index in [-0.39, 0.29) is 28.3 Å². The molecule has 0 radical (unpaired) electrons. The van der Waals surface area contributed by atoms with Crippen LogP contribution in [0, 0.1) is 21.7 Å². The second kappa shape index (κ2) is 7.52. The molecule has 6 nitrogen and oxygen atoms in total. The largest absolute Gasteiger partial charge is 0.493 e. The summed E-state index contributed by atoms with van der Waals surface area (Å²) in [6.45, 7) is 0. The first-order valence-corrected chi connectivity index (χ1v) is 6.95. The number of nitro benzene ring substituents is 1. The Morgan fingerprint density at radius 3 is 2.28 bits per heavy atom. The fourth-order valence-electron chi connectivity index (χ4n) is 2.09. The zero-order valence-corrected chi connectivity index (χ0v) is 13.3. The van der Waals surface area contributed by atoms with Crippen molar-refractivity contribution < 1.29 is 28.0 Å². The van der Waals surface area contributed by atoms with Crippen LogP contribution >= 0.6 is 0 Å². The summed E-state index contributed by atoms with van der Waals surface area (Å²) in [6.07, 6.45) is 2.23. The van der Waals surface area contributed by atoms with Crippen LogP contribution in [0.4, 0.5) is 14.5 Å². The van der Waals surface area contributed by atoms with Crippen LogP contribution < -0.4 is 9.47 Å². The van der Waals surface area contributed by atoms with Crippen molar-refractivity contribution in [3.05, 3.63) is 69.3 Å². The van der Waals surface area contributed by atoms with Crippen LogP contribution in [-0.4, -0.2) is 24.9 Å². The van der Waals surface area contributed by atoms with Gasteiger partial charge >= 0.3 is 0 Å². The average Bonchev–Trinajstić information content (AvgIpc) is 2.60. The van der Waals surface area contributed by atoms with Gasteiger partial charge in [-0.25, -0.2) is 8.78 Å². The van der Waals surface area contributed by atoms with E-state index in [1.807, 2.05) is 0 Å². The van der Waals surface area contributed by atoms with E-state index < -0.39 is 22.3 Å². The lowest BCUT2D eigenvalue weighted by Gasteiger charge is -2.08. The minimum atomic E-state index is -1.16. The highest BCUT2D eigenvalue weighted by molar-refractivity contribution is 6.07. The van der Waals surface area contributed by atoms with Crippen LogP contribution in [-0.2, 0) is 0 Å². The molecule has 0 atom stereocenters. The van der Waals surface area contributed by atoms with Crippen molar-refractivity contribution in [1.29, 1.82) is 0 Å². The molecule has 0 aliphatic rings. The number of benzene rings is 2. The van der Waals surface area contributed by atoms with Gasteiger partial charge in [0.2, 0.25) is 0 Å². The smallest absolute Gasteiger partial charge is 0.280 e. The third-order valence-corrected chi connectivity index (χ3v) is 3.35. The maximum atomic E-state index is 13.2. The fourth-order valence-corrected chi connectivity index (χ4v) is 2.09. The lowest BCUT2D eigenvalue weighted by Crippen LogP contribution is -1.98. The number of hydrogen-bond acceptors (Lipinski definition) is 5. The molecule has 0 aliphatic carbocycles. The second-order valence-corrected chi connectivity index (χ2v) is 4.85. The summed E-state index contributed by atoms with van der Waals surface area (Å²) < 4.78 is 36.2. The first-order valence-electron chi connectivity index (χ1n) is 6.95. The van der Waals surface area contributed by atoms with Crippen molar-refractivity contribution in [2.24, 2.45) is 0 Å². The quantitative estimate of drug-likeness (QED) is 0.343. The summed E-state index contributed by atoms with van der Waals surface area (Å²) in [5, 5.41) is 11.2. The molecule has 2 aromatic rings. The molecule has 0 unspecified atom stereocenters. The Morgan fingerprint density at radius 1 is 1.08 bits per heavy atom. The number of ether oxygens (including phenoxy) is 2. The van der Waals surface area contributed by atoms with Gasteiger partial charge in [-0.2, -0.15) is 0 Å². The molecule has 0 saturated heterocycles. The number of methoxy groups -OCH3 is 2. The minimum Gasteiger partial charge on any atom is -0.493 e. The van der Waals surface area contributed by atoms with Crippen molar-refractivity contribution in [3.63, 3.8) is 0 Å². The van der Waals surface area contributed by atoms with Crippen LogP contribution in [0.2, 0.25) is 0 Å². The predicted octanol–water partition coefficient (Wildman–Crippen LogP) is 3.79. The molecule has 0 spiro atoms. The van der Waals surface area contributed by atoms with Crippen LogP contribution in [0.25, 0.3) is 6.08 Å². The van der Waals surface area contributed by atoms with E-state index in [2.05, 4.69) is 0 Å². The van der Waals surface area contributed by atoms with Gasteiger partial charge in [0.1, 0.15) is 0 Å². The molecule has 0 amide bonds. The molecule has 0 aliphatic heterocycles. The van der Waals surface area contributed by atoms with Crippen molar-refractivity contribution in [2.75, 3.05) is 14.2 Å². The van der Waals surface area contributed by atoms with Crippen molar-refractivity contribution in [3.8, 4) is 11.5 Å². The van der Waals surface area contributed by atoms with E-state index in [1.165, 1.54) is 32.4 Å². The lowest BCUT2D eigenvalue weighted by molar-refractivity contribution is -0.385. The van der Waals surface area contributed by atoms with Gasteiger partial charge in [-0.1, -0.05) is 0 Å². The van der Waals surface area contributed by atoms with Gasteiger partial charge in [0, 0.05) is 5.56 Å². The molecule has 2 rings (SSSR count). The SMILES string of the molecule is COc1cc(C=CC(=O)c2ccc(F)c(F)c2)c([N+](=O)[O-])cc1OC. The first-order chi connectivity index (χ1) is 11.9. The van der Waals surface area contributed by atoms with Crippen LogP contribution in [0.3, 0.4) is 0 Å². The summed E-state index contributed by atoms with van der Waals surface area (Å²) in [5.41, 5.74) is -0.288. The number of allylic oxidation sites excluding steroid dienone is 1. The van der Waals surface area contributed by atoms with Gasteiger partial charge in [-0.3, -0.25) is 14.9 Å². The number of ketones is 1. The van der Waals surface area contributed by atoms with Gasteiger partial charge in [-0.05, 0) is 36.4 Å². The van der Waals surface area contributed by atoms with E-state index in [1.54, 1.807) is 0 Å². The molecule has 2 aromatic carbocycles. The molecule has 0 N–H and O–H groups in total. The summed E-state index contributed by atoms with van der Waals surface area (Å²) in [7, 11) is 2.70. The summed E-state index contributed by atoms with van der Waals surface area (Å²) in [6, 6.07) is 5.21. The minimum absolute atomic E-state index is 0.0849. The van der Waals surface area contributed by atoms with E-state index in [0.717, 1.165) is 24.3 Å². The summed E-state index contributed by atoms with van der Waals surface area (Å²) in [4.78, 5) is 22.6. The molecule has 0 fully saturated rings. The van der Waals surface area contributed by atoms with Gasteiger partial charge in [-0.15, -0.1) is 0 Å². The molecular weight excluding hydrogens is 336 g/mol. The summed E-state index contributed by atoms with van der Waals surface area (Å²) in [5.74, 6) is -2.46. The monoisotopic (exact) mass is 349 g/mol. The first kappa shape index (κ1) is 18.1. The zero-order chi connectivity index (χ0) is 18.6. The Morgan fingerprint density at radius 2 is 1.72 bits per heavy atom. The molecule has 8 heteroatoms. The molecular formula is C17H13F2NO5. The Balaban J connectivity index is 2.40. The fraction of sp³-hybridized carbons (Fsp3) is 0.118. The highest BCUT2D eigenvalue weighted by Gasteiger charge is 2.18. The molecule has 130 valence electrons. The van der Waals surface area contributed by atoms with Crippen LogP contribution in [0.5, 0.6) is 11.5 Å². The van der Waals surface area contributed by atoms with Gasteiger partial charge in [0.15, 0.2) is 28.9 Å². The Labute approximate surface area is 141 Å². The highest BCUT2D eigenvalue weighted by atomic mass is 19.2. The van der Waals surface area contributed by atoms with Crippen LogP contribution in [0.1, 0.15) is 15.9 Å². The maximum Gasteiger partial charge on any atom is 0.280 e. The maximum absolute atomic E-state index is 13.2. The average molecular weight is 349 g/mol. The normalized spacial score (nSPS) is 10.7. The van der Waals surface area contributed by atoms with Crippen molar-refractivity contribution >= 4 is 17.5 Å². The number of carbonyl (C=O) groups is 1. The number of rotatable bonds is 6. The number of nitrogens with zero attached hydrogens (tertiary/aromatic N) is 1. The molecule has 0 bridgehead atoms. The second-order valence-electron chi connectivity index (χ2n) is 4.85. The third-order valence-electron chi connectivity index (χ3n) is 3.35. The number of hydrogen-bond donors (Lipinski definition) is 0. The van der Waals surface area contributed by atoms with Gasteiger partial charge in [0.05, 0.1) is 30.8 Å². The topological polar surface area (TPSA) is 78.7 Å². The molecule has 0 heterocycles. The van der Waals surface area contributed by atoms with E-state index in [0.29, 0.717) is 0 Å². The van der Waals surface area contributed by atoms with Crippen molar-refractivity contribution in [2.45, 2.75) is 0 Å². The number of nitro groups is 1. The standard InChI is InChI=1S/C17H13F2NO5/c1-24-16-8-10(14(20(22)23)9-17(16)25-2)4-6-15(21)11-3-5-12(18)13(19)7-11/h3-9H,1-2H3. The Kier molecular flexibility index (Phi) is 5.43. The van der Waals surface area contributed by atoms with Gasteiger partial charge < -0.3 is 9.47 Å². The predicted molar refractivity (Wildman–Crippen MR) is 85.9 cm³/mol. The van der Waals surface area contributed by atoms with Gasteiger partial charge in [0.25, 0.3) is 5.69 Å². The van der Waals surface area contributed by atoms with Crippen molar-refractivity contribution in [1.82, 2.24) is 0 Å². The number of carbonyl (C=O) groups excluding carboxylic acids is 1. The summed E-state index contributed by atoms with van der Waals surface area (Å²) >= 11 is 0. The van der Waals surface area contributed by atoms with Crippen LogP contribution in [0.15, 0.2) is 36.4 Å². The van der Waals surface area contributed by atoms with E-state index >= 15 is 0 Å². The zero-order valence-electron chi connectivity index (χ0n) is 13.3.